The standard InChI is InChI=1S/C29H28N4O5S/c34-27(35)19-21-6-8-22(9-7-21)20-32-15-17-33(18-16-32)29(36)24-10-12-25(13-11-24)31-39(37,38)26-5-1-3-23-4-2-14-30-28(23)26/h1-14,31H,15-20H2,(H,34,35). The zero-order valence-corrected chi connectivity index (χ0v) is 22.0. The Kier molecular flexibility index (Phi) is 7.58. The van der Waals surface area contributed by atoms with E-state index in [1.807, 2.05) is 36.4 Å². The van der Waals surface area contributed by atoms with Crippen LogP contribution in [0.4, 0.5) is 5.69 Å². The Morgan fingerprint density at radius 2 is 1.51 bits per heavy atom. The van der Waals surface area contributed by atoms with E-state index in [2.05, 4.69) is 14.6 Å². The number of fused-ring (bicyclic) bond motifs is 1. The summed E-state index contributed by atoms with van der Waals surface area (Å²) in [7, 11) is -3.87. The number of aromatic nitrogens is 1. The van der Waals surface area contributed by atoms with E-state index in [0.29, 0.717) is 29.9 Å². The Morgan fingerprint density at radius 1 is 0.846 bits per heavy atom. The smallest absolute Gasteiger partial charge is 0.307 e. The molecule has 1 amide bonds. The van der Waals surface area contributed by atoms with Gasteiger partial charge in [-0.1, -0.05) is 42.5 Å². The van der Waals surface area contributed by atoms with Gasteiger partial charge in [0.15, 0.2) is 0 Å². The van der Waals surface area contributed by atoms with Crippen molar-refractivity contribution in [2.75, 3.05) is 30.9 Å². The minimum atomic E-state index is -3.87. The molecule has 1 aliphatic heterocycles. The van der Waals surface area contributed by atoms with Crippen LogP contribution < -0.4 is 4.72 Å². The minimum absolute atomic E-state index is 0.00953. The Morgan fingerprint density at radius 3 is 2.21 bits per heavy atom. The summed E-state index contributed by atoms with van der Waals surface area (Å²) in [5.41, 5.74) is 3.12. The molecule has 4 aromatic rings. The van der Waals surface area contributed by atoms with E-state index in [9.17, 15) is 18.0 Å². The second kappa shape index (κ2) is 11.2. The minimum Gasteiger partial charge on any atom is -0.481 e. The highest BCUT2D eigenvalue weighted by Crippen LogP contribution is 2.24. The van der Waals surface area contributed by atoms with Crippen LogP contribution in [0.25, 0.3) is 10.9 Å². The quantitative estimate of drug-likeness (QED) is 0.348. The topological polar surface area (TPSA) is 120 Å². The van der Waals surface area contributed by atoms with Crippen LogP contribution in [-0.4, -0.2) is 66.4 Å². The molecule has 0 atom stereocenters. The van der Waals surface area contributed by atoms with E-state index in [1.165, 1.54) is 6.07 Å². The molecule has 0 spiro atoms. The lowest BCUT2D eigenvalue weighted by atomic mass is 10.1. The Hall–Kier alpha value is -4.28. The summed E-state index contributed by atoms with van der Waals surface area (Å²) in [6, 6.07) is 22.6. The van der Waals surface area contributed by atoms with Crippen molar-refractivity contribution in [1.29, 1.82) is 0 Å². The van der Waals surface area contributed by atoms with Gasteiger partial charge >= 0.3 is 5.97 Å². The third-order valence-corrected chi connectivity index (χ3v) is 8.13. The largest absolute Gasteiger partial charge is 0.481 e. The van der Waals surface area contributed by atoms with Gasteiger partial charge in [0.05, 0.1) is 11.9 Å². The van der Waals surface area contributed by atoms with Crippen molar-refractivity contribution in [3.8, 4) is 0 Å². The summed E-state index contributed by atoms with van der Waals surface area (Å²) in [6.45, 7) is 3.34. The average molecular weight is 545 g/mol. The number of piperazine rings is 1. The van der Waals surface area contributed by atoms with Crippen LogP contribution in [0.3, 0.4) is 0 Å². The molecule has 0 radical (unpaired) electrons. The van der Waals surface area contributed by atoms with Crippen molar-refractivity contribution in [3.05, 3.63) is 102 Å². The van der Waals surface area contributed by atoms with E-state index >= 15 is 0 Å². The molecule has 200 valence electrons. The zero-order chi connectivity index (χ0) is 27.4. The number of carboxylic acids is 1. The van der Waals surface area contributed by atoms with E-state index < -0.39 is 16.0 Å². The first-order valence-corrected chi connectivity index (χ1v) is 14.0. The van der Waals surface area contributed by atoms with Gasteiger partial charge in [-0.2, -0.15) is 0 Å². The first kappa shape index (κ1) is 26.3. The summed E-state index contributed by atoms with van der Waals surface area (Å²) >= 11 is 0. The van der Waals surface area contributed by atoms with Gasteiger partial charge in [0.2, 0.25) is 0 Å². The predicted octanol–water partition coefficient (Wildman–Crippen LogP) is 3.62. The zero-order valence-electron chi connectivity index (χ0n) is 21.2. The Labute approximate surface area is 226 Å². The van der Waals surface area contributed by atoms with Crippen LogP contribution >= 0.6 is 0 Å². The van der Waals surface area contributed by atoms with Crippen LogP contribution in [-0.2, 0) is 27.8 Å². The molecular formula is C29H28N4O5S. The predicted molar refractivity (Wildman–Crippen MR) is 148 cm³/mol. The number of hydrogen-bond acceptors (Lipinski definition) is 6. The van der Waals surface area contributed by atoms with Gasteiger partial charge in [0.1, 0.15) is 4.90 Å². The molecule has 2 heterocycles. The third-order valence-electron chi connectivity index (χ3n) is 6.71. The number of amides is 1. The molecule has 1 fully saturated rings. The second-order valence-electron chi connectivity index (χ2n) is 9.47. The van der Waals surface area contributed by atoms with E-state index in [0.717, 1.165) is 36.1 Å². The summed E-state index contributed by atoms with van der Waals surface area (Å²) < 4.78 is 28.7. The fourth-order valence-corrected chi connectivity index (χ4v) is 5.91. The number of pyridine rings is 1. The first-order valence-electron chi connectivity index (χ1n) is 12.6. The molecule has 0 aliphatic carbocycles. The maximum absolute atomic E-state index is 13.1. The summed E-state index contributed by atoms with van der Waals surface area (Å²) in [4.78, 5) is 32.3. The van der Waals surface area contributed by atoms with Crippen molar-refractivity contribution in [2.45, 2.75) is 17.9 Å². The van der Waals surface area contributed by atoms with E-state index in [1.54, 1.807) is 47.5 Å². The van der Waals surface area contributed by atoms with Gasteiger partial charge < -0.3 is 10.0 Å². The van der Waals surface area contributed by atoms with Crippen molar-refractivity contribution < 1.29 is 23.1 Å². The molecular weight excluding hydrogens is 516 g/mol. The fraction of sp³-hybridized carbons (Fsp3) is 0.207. The number of para-hydroxylation sites is 1. The highest BCUT2D eigenvalue weighted by Gasteiger charge is 2.23. The lowest BCUT2D eigenvalue weighted by molar-refractivity contribution is -0.136. The summed E-state index contributed by atoms with van der Waals surface area (Å²) in [6.07, 6.45) is 1.57. The summed E-state index contributed by atoms with van der Waals surface area (Å²) in [5, 5.41) is 9.64. The molecule has 1 aliphatic rings. The number of aliphatic carboxylic acids is 1. The molecule has 5 rings (SSSR count). The van der Waals surface area contributed by atoms with Crippen LogP contribution in [0.2, 0.25) is 0 Å². The van der Waals surface area contributed by atoms with Gasteiger partial charge in [0.25, 0.3) is 15.9 Å². The average Bonchev–Trinajstić information content (AvgIpc) is 2.94. The van der Waals surface area contributed by atoms with E-state index in [4.69, 9.17) is 5.11 Å². The van der Waals surface area contributed by atoms with Crippen molar-refractivity contribution in [2.24, 2.45) is 0 Å². The molecule has 0 saturated carbocycles. The highest BCUT2D eigenvalue weighted by atomic mass is 32.2. The number of anilines is 1. The lowest BCUT2D eigenvalue weighted by Crippen LogP contribution is -2.48. The molecule has 0 bridgehead atoms. The van der Waals surface area contributed by atoms with Crippen LogP contribution in [0, 0.1) is 0 Å². The molecule has 10 heteroatoms. The number of sulfonamides is 1. The maximum Gasteiger partial charge on any atom is 0.307 e. The van der Waals surface area contributed by atoms with Crippen molar-refractivity contribution in [3.63, 3.8) is 0 Å². The van der Waals surface area contributed by atoms with Crippen LogP contribution in [0.5, 0.6) is 0 Å². The van der Waals surface area contributed by atoms with Gasteiger partial charge in [0, 0.05) is 55.6 Å². The Bertz CT molecular complexity index is 1590. The first-order chi connectivity index (χ1) is 18.8. The SMILES string of the molecule is O=C(O)Cc1ccc(CN2CCN(C(=O)c3ccc(NS(=O)(=O)c4cccc5cccnc45)cc3)CC2)cc1. The highest BCUT2D eigenvalue weighted by molar-refractivity contribution is 7.93. The van der Waals surface area contributed by atoms with E-state index in [-0.39, 0.29) is 17.2 Å². The lowest BCUT2D eigenvalue weighted by Gasteiger charge is -2.34. The number of carboxylic acid groups (broad SMARTS) is 1. The van der Waals surface area contributed by atoms with Gasteiger partial charge in [-0.05, 0) is 47.5 Å². The van der Waals surface area contributed by atoms with Gasteiger partial charge in [-0.15, -0.1) is 0 Å². The summed E-state index contributed by atoms with van der Waals surface area (Å²) in [5.74, 6) is -0.946. The molecule has 1 aromatic heterocycles. The number of nitrogens with one attached hydrogen (secondary N) is 1. The molecule has 39 heavy (non-hydrogen) atoms. The maximum atomic E-state index is 13.1. The number of hydrogen-bond donors (Lipinski definition) is 2. The number of carbonyl (C=O) groups is 2. The van der Waals surface area contributed by atoms with Crippen LogP contribution in [0.15, 0.2) is 90.0 Å². The molecule has 0 unspecified atom stereocenters. The van der Waals surface area contributed by atoms with Crippen LogP contribution in [0.1, 0.15) is 21.5 Å². The molecule has 2 N–H and O–H groups in total. The molecule has 3 aromatic carbocycles. The monoisotopic (exact) mass is 544 g/mol. The van der Waals surface area contributed by atoms with Crippen molar-refractivity contribution >= 4 is 38.5 Å². The third kappa shape index (κ3) is 6.24. The number of nitrogens with zero attached hydrogens (tertiary/aromatic N) is 3. The van der Waals surface area contributed by atoms with Crippen molar-refractivity contribution in [1.82, 2.24) is 14.8 Å². The van der Waals surface area contributed by atoms with Gasteiger partial charge in [-0.3, -0.25) is 24.2 Å². The molecule has 1 saturated heterocycles. The number of benzene rings is 3. The normalized spacial score (nSPS) is 14.3. The second-order valence-corrected chi connectivity index (χ2v) is 11.1. The number of carbonyl (C=O) groups excluding carboxylic acids is 1. The van der Waals surface area contributed by atoms with Gasteiger partial charge in [-0.25, -0.2) is 8.42 Å². The number of rotatable bonds is 8. The fourth-order valence-electron chi connectivity index (χ4n) is 4.67. The molecule has 9 nitrogen and oxygen atoms in total. The Balaban J connectivity index is 1.17.